The Balaban J connectivity index is 2.08. The van der Waals surface area contributed by atoms with Gasteiger partial charge in [0.15, 0.2) is 0 Å². The van der Waals surface area contributed by atoms with Gasteiger partial charge in [0.1, 0.15) is 5.82 Å². The lowest BCUT2D eigenvalue weighted by Crippen LogP contribution is -2.44. The molecule has 1 saturated heterocycles. The molecule has 4 heteroatoms. The van der Waals surface area contributed by atoms with Gasteiger partial charge in [-0.1, -0.05) is 6.92 Å². The number of hydrogen-bond acceptors (Lipinski definition) is 2. The number of piperidine rings is 1. The predicted molar refractivity (Wildman–Crippen MR) is 62.1 cm³/mol. The Labute approximate surface area is 99.9 Å². The molecule has 2 unspecified atom stereocenters. The Morgan fingerprint density at radius 3 is 2.65 bits per heavy atom. The van der Waals surface area contributed by atoms with Gasteiger partial charge in [0.05, 0.1) is 6.10 Å². The van der Waals surface area contributed by atoms with Crippen LogP contribution in [0.1, 0.15) is 23.7 Å². The van der Waals surface area contributed by atoms with Crippen molar-refractivity contribution >= 4 is 5.91 Å². The monoisotopic (exact) mass is 237 g/mol. The van der Waals surface area contributed by atoms with Crippen LogP contribution in [0, 0.1) is 11.7 Å². The number of aliphatic hydroxyl groups is 1. The van der Waals surface area contributed by atoms with E-state index in [1.54, 1.807) is 4.90 Å². The Kier molecular flexibility index (Phi) is 3.43. The van der Waals surface area contributed by atoms with Crippen molar-refractivity contribution in [1.29, 1.82) is 0 Å². The van der Waals surface area contributed by atoms with Crippen molar-refractivity contribution < 1.29 is 14.3 Å². The molecule has 2 rings (SSSR count). The molecule has 1 aliphatic rings. The van der Waals surface area contributed by atoms with Crippen LogP contribution in [0.4, 0.5) is 4.39 Å². The summed E-state index contributed by atoms with van der Waals surface area (Å²) in [4.78, 5) is 13.8. The normalized spacial score (nSPS) is 24.8. The first-order chi connectivity index (χ1) is 8.08. The fraction of sp³-hybridized carbons (Fsp3) is 0.462. The molecule has 92 valence electrons. The summed E-state index contributed by atoms with van der Waals surface area (Å²) in [6, 6.07) is 5.56. The van der Waals surface area contributed by atoms with Gasteiger partial charge in [-0.2, -0.15) is 0 Å². The lowest BCUT2D eigenvalue weighted by Gasteiger charge is -2.34. The average Bonchev–Trinajstić information content (AvgIpc) is 2.33. The first kappa shape index (κ1) is 12.0. The summed E-state index contributed by atoms with van der Waals surface area (Å²) in [5.41, 5.74) is 0.495. The van der Waals surface area contributed by atoms with Crippen molar-refractivity contribution in [3.8, 4) is 0 Å². The van der Waals surface area contributed by atoms with Gasteiger partial charge in [-0.25, -0.2) is 4.39 Å². The van der Waals surface area contributed by atoms with Gasteiger partial charge in [-0.3, -0.25) is 4.79 Å². The molecule has 2 atom stereocenters. The highest BCUT2D eigenvalue weighted by atomic mass is 19.1. The van der Waals surface area contributed by atoms with E-state index in [0.29, 0.717) is 25.1 Å². The number of benzene rings is 1. The summed E-state index contributed by atoms with van der Waals surface area (Å²) in [7, 11) is 0. The molecular weight excluding hydrogens is 221 g/mol. The highest BCUT2D eigenvalue weighted by Gasteiger charge is 2.27. The molecule has 3 nitrogen and oxygen atoms in total. The van der Waals surface area contributed by atoms with Crippen LogP contribution in [0.25, 0.3) is 0 Å². The summed E-state index contributed by atoms with van der Waals surface area (Å²) in [5, 5.41) is 9.60. The third kappa shape index (κ3) is 2.64. The fourth-order valence-corrected chi connectivity index (χ4v) is 2.09. The van der Waals surface area contributed by atoms with Crippen LogP contribution >= 0.6 is 0 Å². The zero-order valence-corrected chi connectivity index (χ0v) is 9.77. The number of hydrogen-bond donors (Lipinski definition) is 1. The molecule has 1 fully saturated rings. The van der Waals surface area contributed by atoms with E-state index in [-0.39, 0.29) is 23.7 Å². The van der Waals surface area contributed by atoms with Crippen LogP contribution < -0.4 is 0 Å². The first-order valence-electron chi connectivity index (χ1n) is 5.81. The molecule has 1 heterocycles. The van der Waals surface area contributed by atoms with Crippen molar-refractivity contribution in [2.75, 3.05) is 13.1 Å². The molecule has 0 spiro atoms. The Morgan fingerprint density at radius 1 is 1.41 bits per heavy atom. The zero-order valence-electron chi connectivity index (χ0n) is 9.77. The number of rotatable bonds is 1. The molecule has 1 amide bonds. The summed E-state index contributed by atoms with van der Waals surface area (Å²) < 4.78 is 12.7. The lowest BCUT2D eigenvalue weighted by molar-refractivity contribution is 0.0297. The van der Waals surface area contributed by atoms with Gasteiger partial charge in [-0.15, -0.1) is 0 Å². The van der Waals surface area contributed by atoms with Crippen LogP contribution in [0.3, 0.4) is 0 Å². The predicted octanol–water partition coefficient (Wildman–Crippen LogP) is 1.67. The smallest absolute Gasteiger partial charge is 0.253 e. The Bertz CT molecular complexity index is 404. The largest absolute Gasteiger partial charge is 0.393 e. The minimum absolute atomic E-state index is 0.0909. The van der Waals surface area contributed by atoms with Crippen molar-refractivity contribution in [3.05, 3.63) is 35.6 Å². The minimum Gasteiger partial charge on any atom is -0.393 e. The first-order valence-corrected chi connectivity index (χ1v) is 5.81. The van der Waals surface area contributed by atoms with E-state index in [2.05, 4.69) is 0 Å². The van der Waals surface area contributed by atoms with Crippen molar-refractivity contribution in [2.24, 2.45) is 5.92 Å². The van der Waals surface area contributed by atoms with E-state index in [0.717, 1.165) is 0 Å². The topological polar surface area (TPSA) is 40.5 Å². The molecule has 1 aromatic rings. The maximum atomic E-state index is 12.7. The molecule has 1 aliphatic heterocycles. The second kappa shape index (κ2) is 4.84. The van der Waals surface area contributed by atoms with Crippen molar-refractivity contribution in [1.82, 2.24) is 4.90 Å². The van der Waals surface area contributed by atoms with E-state index >= 15 is 0 Å². The standard InChI is InChI=1S/C13H16FNO2/c1-9-8-15(7-6-12(9)16)13(17)10-2-4-11(14)5-3-10/h2-5,9,12,16H,6-8H2,1H3. The average molecular weight is 237 g/mol. The number of carbonyl (C=O) groups is 1. The number of aliphatic hydroxyl groups excluding tert-OH is 1. The quantitative estimate of drug-likeness (QED) is 0.807. The number of halogens is 1. The molecule has 0 saturated carbocycles. The summed E-state index contributed by atoms with van der Waals surface area (Å²) >= 11 is 0. The highest BCUT2D eigenvalue weighted by molar-refractivity contribution is 5.94. The van der Waals surface area contributed by atoms with Gasteiger partial charge in [-0.05, 0) is 36.6 Å². The van der Waals surface area contributed by atoms with E-state index in [4.69, 9.17) is 0 Å². The van der Waals surface area contributed by atoms with E-state index in [9.17, 15) is 14.3 Å². The maximum Gasteiger partial charge on any atom is 0.253 e. The highest BCUT2D eigenvalue weighted by Crippen LogP contribution is 2.18. The second-order valence-corrected chi connectivity index (χ2v) is 4.59. The summed E-state index contributed by atoms with van der Waals surface area (Å²) in [6.45, 7) is 3.04. The van der Waals surface area contributed by atoms with Crippen LogP contribution in [0.2, 0.25) is 0 Å². The number of amides is 1. The maximum absolute atomic E-state index is 12.7. The molecule has 0 bridgehead atoms. The van der Waals surface area contributed by atoms with Gasteiger partial charge in [0, 0.05) is 18.7 Å². The Morgan fingerprint density at radius 2 is 2.06 bits per heavy atom. The fourth-order valence-electron chi connectivity index (χ4n) is 2.09. The van der Waals surface area contributed by atoms with E-state index in [1.807, 2.05) is 6.92 Å². The molecule has 17 heavy (non-hydrogen) atoms. The number of carbonyl (C=O) groups excluding carboxylic acids is 1. The van der Waals surface area contributed by atoms with Gasteiger partial charge in [0.25, 0.3) is 5.91 Å². The lowest BCUT2D eigenvalue weighted by atomic mass is 9.96. The molecule has 1 aromatic carbocycles. The van der Waals surface area contributed by atoms with Crippen LogP contribution in [-0.2, 0) is 0 Å². The summed E-state index contributed by atoms with van der Waals surface area (Å²) in [5.74, 6) is -0.346. The van der Waals surface area contributed by atoms with E-state index in [1.165, 1.54) is 24.3 Å². The summed E-state index contributed by atoms with van der Waals surface area (Å²) in [6.07, 6.45) is 0.279. The van der Waals surface area contributed by atoms with Crippen molar-refractivity contribution in [2.45, 2.75) is 19.4 Å². The molecule has 0 aromatic heterocycles. The molecule has 0 radical (unpaired) electrons. The minimum atomic E-state index is -0.344. The molecule has 0 aliphatic carbocycles. The molecular formula is C13H16FNO2. The van der Waals surface area contributed by atoms with Gasteiger partial charge >= 0.3 is 0 Å². The van der Waals surface area contributed by atoms with Crippen LogP contribution in [0.5, 0.6) is 0 Å². The van der Waals surface area contributed by atoms with Gasteiger partial charge < -0.3 is 10.0 Å². The van der Waals surface area contributed by atoms with E-state index < -0.39 is 0 Å². The molecule has 1 N–H and O–H groups in total. The number of nitrogens with zero attached hydrogens (tertiary/aromatic N) is 1. The van der Waals surface area contributed by atoms with Crippen molar-refractivity contribution in [3.63, 3.8) is 0 Å². The third-order valence-corrected chi connectivity index (χ3v) is 3.24. The number of likely N-dealkylation sites (tertiary alicyclic amines) is 1. The Hall–Kier alpha value is -1.42. The van der Waals surface area contributed by atoms with Crippen LogP contribution in [-0.4, -0.2) is 35.1 Å². The van der Waals surface area contributed by atoms with Crippen LogP contribution in [0.15, 0.2) is 24.3 Å². The zero-order chi connectivity index (χ0) is 12.4. The third-order valence-electron chi connectivity index (χ3n) is 3.24. The second-order valence-electron chi connectivity index (χ2n) is 4.59. The SMILES string of the molecule is CC1CN(C(=O)c2ccc(F)cc2)CCC1O. The van der Waals surface area contributed by atoms with Gasteiger partial charge in [0.2, 0.25) is 0 Å².